The lowest BCUT2D eigenvalue weighted by Gasteiger charge is -2.32. The van der Waals surface area contributed by atoms with Gasteiger partial charge in [0.2, 0.25) is 5.91 Å². The number of fused-ring (bicyclic) bond motifs is 1. The molecule has 1 atom stereocenters. The fraction of sp³-hybridized carbons (Fsp3) is 0.154. The highest BCUT2D eigenvalue weighted by Crippen LogP contribution is 2.36. The number of carbonyl (C=O) groups excluding carboxylic acids is 1. The minimum atomic E-state index is -0.170. The summed E-state index contributed by atoms with van der Waals surface area (Å²) < 4.78 is 1.76. The zero-order chi connectivity index (χ0) is 22.6. The predicted octanol–water partition coefficient (Wildman–Crippen LogP) is 3.75. The van der Waals surface area contributed by atoms with Crippen LogP contribution in [0.15, 0.2) is 91.0 Å². The third-order valence-corrected chi connectivity index (χ3v) is 5.71. The molecule has 7 heteroatoms. The average molecular weight is 437 g/mol. The molecule has 7 nitrogen and oxygen atoms in total. The molecule has 1 aromatic heterocycles. The quantitative estimate of drug-likeness (QED) is 0.498. The Morgan fingerprint density at radius 1 is 0.939 bits per heavy atom. The van der Waals surface area contributed by atoms with Crippen LogP contribution in [0.3, 0.4) is 0 Å². The molecule has 3 aromatic carbocycles. The number of aryl methyl sites for hydroxylation is 1. The van der Waals surface area contributed by atoms with Gasteiger partial charge in [-0.1, -0.05) is 95.6 Å². The molecule has 0 aliphatic carbocycles. The van der Waals surface area contributed by atoms with Crippen LogP contribution in [0, 0.1) is 6.92 Å². The SMILES string of the molecule is Cc1ccc(C2=CC(c3ccccc3)n3nnnc3N2CC(=O)NCc2ccccc2)cc1. The molecule has 0 spiro atoms. The normalized spacial score (nSPS) is 15.0. The van der Waals surface area contributed by atoms with Crippen LogP contribution in [0.4, 0.5) is 5.95 Å². The van der Waals surface area contributed by atoms with Crippen LogP contribution < -0.4 is 10.2 Å². The highest BCUT2D eigenvalue weighted by atomic mass is 16.2. The number of hydrogen-bond donors (Lipinski definition) is 1. The van der Waals surface area contributed by atoms with Crippen molar-refractivity contribution in [2.45, 2.75) is 19.5 Å². The van der Waals surface area contributed by atoms with Crippen molar-refractivity contribution in [3.05, 3.63) is 113 Å². The first-order valence-corrected chi connectivity index (χ1v) is 10.9. The number of nitrogens with one attached hydrogen (secondary N) is 1. The molecule has 0 saturated carbocycles. The lowest BCUT2D eigenvalue weighted by molar-refractivity contribution is -0.119. The van der Waals surface area contributed by atoms with E-state index in [4.69, 9.17) is 0 Å². The average Bonchev–Trinajstić information content (AvgIpc) is 3.35. The van der Waals surface area contributed by atoms with E-state index >= 15 is 0 Å². The van der Waals surface area contributed by atoms with Crippen molar-refractivity contribution < 1.29 is 4.79 Å². The summed E-state index contributed by atoms with van der Waals surface area (Å²) in [6.07, 6.45) is 2.12. The number of hydrogen-bond acceptors (Lipinski definition) is 5. The maximum atomic E-state index is 12.9. The summed E-state index contributed by atoms with van der Waals surface area (Å²) in [5, 5.41) is 15.5. The van der Waals surface area contributed by atoms with Gasteiger partial charge in [-0.2, -0.15) is 4.68 Å². The summed E-state index contributed by atoms with van der Waals surface area (Å²) >= 11 is 0. The second-order valence-corrected chi connectivity index (χ2v) is 8.05. The minimum Gasteiger partial charge on any atom is -0.350 e. The molecule has 4 aromatic rings. The van der Waals surface area contributed by atoms with Crippen molar-refractivity contribution in [1.82, 2.24) is 25.5 Å². The second-order valence-electron chi connectivity index (χ2n) is 8.05. The number of carbonyl (C=O) groups is 1. The van der Waals surface area contributed by atoms with Crippen LogP contribution in [-0.2, 0) is 11.3 Å². The molecule has 0 bridgehead atoms. The van der Waals surface area contributed by atoms with Gasteiger partial charge in [0.15, 0.2) is 0 Å². The van der Waals surface area contributed by atoms with Gasteiger partial charge >= 0.3 is 0 Å². The molecule has 2 heterocycles. The van der Waals surface area contributed by atoms with Crippen LogP contribution in [0.5, 0.6) is 0 Å². The summed E-state index contributed by atoms with van der Waals surface area (Å²) in [5.41, 5.74) is 5.20. The van der Waals surface area contributed by atoms with Crippen molar-refractivity contribution >= 4 is 17.6 Å². The van der Waals surface area contributed by atoms with E-state index in [0.717, 1.165) is 22.4 Å². The summed E-state index contributed by atoms with van der Waals surface area (Å²) in [4.78, 5) is 14.8. The van der Waals surface area contributed by atoms with E-state index in [0.29, 0.717) is 12.5 Å². The fourth-order valence-electron chi connectivity index (χ4n) is 3.98. The van der Waals surface area contributed by atoms with Crippen molar-refractivity contribution in [2.75, 3.05) is 11.4 Å². The van der Waals surface area contributed by atoms with E-state index in [1.54, 1.807) is 4.68 Å². The molecule has 0 fully saturated rings. The van der Waals surface area contributed by atoms with Crippen LogP contribution >= 0.6 is 0 Å². The molecule has 5 rings (SSSR count). The Morgan fingerprint density at radius 3 is 2.36 bits per heavy atom. The van der Waals surface area contributed by atoms with Crippen LogP contribution in [-0.4, -0.2) is 32.7 Å². The predicted molar refractivity (Wildman–Crippen MR) is 127 cm³/mol. The van der Waals surface area contributed by atoms with Crippen LogP contribution in [0.1, 0.15) is 28.3 Å². The number of allylic oxidation sites excluding steroid dienone is 1. The van der Waals surface area contributed by atoms with E-state index in [1.165, 1.54) is 5.56 Å². The zero-order valence-electron chi connectivity index (χ0n) is 18.3. The molecule has 164 valence electrons. The van der Waals surface area contributed by atoms with E-state index in [2.05, 4.69) is 70.2 Å². The highest BCUT2D eigenvalue weighted by molar-refractivity contribution is 5.89. The van der Waals surface area contributed by atoms with Gasteiger partial charge in [-0.3, -0.25) is 9.69 Å². The number of nitrogens with zero attached hydrogens (tertiary/aromatic N) is 5. The van der Waals surface area contributed by atoms with Crippen molar-refractivity contribution in [3.63, 3.8) is 0 Å². The molecule has 1 aliphatic heterocycles. The molecule has 1 aliphatic rings. The van der Waals surface area contributed by atoms with Crippen molar-refractivity contribution in [1.29, 1.82) is 0 Å². The molecule has 1 N–H and O–H groups in total. The maximum absolute atomic E-state index is 12.9. The monoisotopic (exact) mass is 436 g/mol. The molecule has 1 unspecified atom stereocenters. The lowest BCUT2D eigenvalue weighted by Crippen LogP contribution is -2.39. The first kappa shape index (κ1) is 20.6. The molecule has 0 radical (unpaired) electrons. The fourth-order valence-corrected chi connectivity index (χ4v) is 3.98. The Labute approximate surface area is 192 Å². The zero-order valence-corrected chi connectivity index (χ0v) is 18.3. The van der Waals surface area contributed by atoms with E-state index in [1.807, 2.05) is 53.4 Å². The first-order chi connectivity index (χ1) is 16.2. The number of amides is 1. The van der Waals surface area contributed by atoms with Gasteiger partial charge in [0.25, 0.3) is 5.95 Å². The Hall–Kier alpha value is -4.26. The summed E-state index contributed by atoms with van der Waals surface area (Å²) in [5.74, 6) is 0.432. The Bertz CT molecular complexity index is 1270. The van der Waals surface area contributed by atoms with Gasteiger partial charge in [-0.05, 0) is 40.1 Å². The largest absolute Gasteiger partial charge is 0.350 e. The Balaban J connectivity index is 1.48. The summed E-state index contributed by atoms with van der Waals surface area (Å²) in [6.45, 7) is 2.63. The number of tetrazole rings is 1. The third kappa shape index (κ3) is 4.39. The third-order valence-electron chi connectivity index (χ3n) is 5.71. The first-order valence-electron chi connectivity index (χ1n) is 10.9. The Kier molecular flexibility index (Phi) is 5.68. The van der Waals surface area contributed by atoms with Gasteiger partial charge in [0.1, 0.15) is 12.6 Å². The summed E-state index contributed by atoms with van der Waals surface area (Å²) in [6, 6.07) is 28.1. The van der Waals surface area contributed by atoms with E-state index in [9.17, 15) is 4.79 Å². The molecule has 33 heavy (non-hydrogen) atoms. The molecular weight excluding hydrogens is 412 g/mol. The topological polar surface area (TPSA) is 75.9 Å². The van der Waals surface area contributed by atoms with Crippen LogP contribution in [0.2, 0.25) is 0 Å². The summed E-state index contributed by atoms with van der Waals surface area (Å²) in [7, 11) is 0. The molecular formula is C26H24N6O. The number of aromatic nitrogens is 4. The van der Waals surface area contributed by atoms with Gasteiger partial charge in [0, 0.05) is 6.54 Å². The van der Waals surface area contributed by atoms with E-state index in [-0.39, 0.29) is 18.5 Å². The smallest absolute Gasteiger partial charge is 0.251 e. The van der Waals surface area contributed by atoms with Gasteiger partial charge < -0.3 is 5.32 Å². The van der Waals surface area contributed by atoms with Gasteiger partial charge in [0.05, 0.1) is 5.70 Å². The minimum absolute atomic E-state index is 0.106. The molecule has 0 saturated heterocycles. The van der Waals surface area contributed by atoms with Crippen molar-refractivity contribution in [2.24, 2.45) is 0 Å². The molecule has 1 amide bonds. The second kappa shape index (κ2) is 9.08. The highest BCUT2D eigenvalue weighted by Gasteiger charge is 2.31. The lowest BCUT2D eigenvalue weighted by atomic mass is 10.00. The number of rotatable bonds is 6. The number of benzene rings is 3. The van der Waals surface area contributed by atoms with E-state index < -0.39 is 0 Å². The van der Waals surface area contributed by atoms with Crippen molar-refractivity contribution in [3.8, 4) is 0 Å². The van der Waals surface area contributed by atoms with Crippen LogP contribution in [0.25, 0.3) is 5.70 Å². The standard InChI is InChI=1S/C26H24N6O/c1-19-12-14-22(15-13-19)23-16-24(21-10-6-3-7-11-21)32-26(28-29-30-32)31(23)18-25(33)27-17-20-8-4-2-5-9-20/h2-16,24H,17-18H2,1H3,(H,27,33). The Morgan fingerprint density at radius 2 is 1.64 bits per heavy atom. The maximum Gasteiger partial charge on any atom is 0.251 e. The van der Waals surface area contributed by atoms with Gasteiger partial charge in [-0.25, -0.2) is 0 Å². The number of anilines is 1. The van der Waals surface area contributed by atoms with Gasteiger partial charge in [-0.15, -0.1) is 0 Å².